The van der Waals surface area contributed by atoms with E-state index in [1.54, 1.807) is 4.68 Å². The largest absolute Gasteiger partial charge is 0.394 e. The highest BCUT2D eigenvalue weighted by Gasteiger charge is 2.20. The standard InChI is InChI=1S/C18H24N8O/c1-11-12(2)23-26-15(19)14(20-5)16(22-17(11)26)21-8-6-13-7-9-25(24-13)18(3,4)10-27/h7,9,27H,6,8,10,19H2,1-4H3,(H,21,22). The molecule has 142 valence electrons. The number of aryl methyl sites for hydroxylation is 2. The number of aliphatic hydroxyl groups is 1. The average Bonchev–Trinajstić information content (AvgIpc) is 3.22. The van der Waals surface area contributed by atoms with Gasteiger partial charge in [0.2, 0.25) is 0 Å². The first kappa shape index (κ1) is 18.7. The molecule has 3 aromatic rings. The fraction of sp³-hybridized carbons (Fsp3) is 0.444. The van der Waals surface area contributed by atoms with Gasteiger partial charge in [-0.05, 0) is 33.8 Å². The van der Waals surface area contributed by atoms with E-state index in [-0.39, 0.29) is 18.1 Å². The predicted molar refractivity (Wildman–Crippen MR) is 104 cm³/mol. The van der Waals surface area contributed by atoms with Crippen molar-refractivity contribution in [2.45, 2.75) is 39.7 Å². The molecular weight excluding hydrogens is 344 g/mol. The zero-order valence-corrected chi connectivity index (χ0v) is 16.0. The molecule has 0 aromatic carbocycles. The molecule has 3 heterocycles. The average molecular weight is 368 g/mol. The van der Waals surface area contributed by atoms with Crippen molar-refractivity contribution < 1.29 is 5.11 Å². The molecule has 0 amide bonds. The van der Waals surface area contributed by atoms with Gasteiger partial charge in [-0.1, -0.05) is 0 Å². The summed E-state index contributed by atoms with van der Waals surface area (Å²) in [7, 11) is 0. The zero-order valence-electron chi connectivity index (χ0n) is 16.0. The van der Waals surface area contributed by atoms with Crippen molar-refractivity contribution in [2.24, 2.45) is 0 Å². The number of fused-ring (bicyclic) bond motifs is 1. The predicted octanol–water partition coefficient (Wildman–Crippen LogP) is 2.06. The lowest BCUT2D eigenvalue weighted by Crippen LogP contribution is -2.31. The van der Waals surface area contributed by atoms with Gasteiger partial charge < -0.3 is 16.2 Å². The van der Waals surface area contributed by atoms with Crippen LogP contribution in [0.15, 0.2) is 12.3 Å². The molecule has 4 N–H and O–H groups in total. The zero-order chi connectivity index (χ0) is 19.8. The number of nitrogens with two attached hydrogens (primary N) is 1. The number of nitrogens with one attached hydrogen (secondary N) is 1. The van der Waals surface area contributed by atoms with Crippen LogP contribution < -0.4 is 11.1 Å². The molecule has 0 saturated heterocycles. The van der Waals surface area contributed by atoms with Crippen LogP contribution in [-0.4, -0.2) is 42.6 Å². The van der Waals surface area contributed by atoms with Crippen LogP contribution in [0.2, 0.25) is 0 Å². The van der Waals surface area contributed by atoms with Crippen molar-refractivity contribution in [1.82, 2.24) is 24.4 Å². The Bertz CT molecular complexity index is 1020. The fourth-order valence-corrected chi connectivity index (χ4v) is 2.72. The third-order valence-corrected chi connectivity index (χ3v) is 4.68. The van der Waals surface area contributed by atoms with Crippen molar-refractivity contribution in [3.8, 4) is 0 Å². The van der Waals surface area contributed by atoms with E-state index in [2.05, 4.69) is 25.3 Å². The number of aliphatic hydroxyl groups excluding tert-OH is 1. The second-order valence-electron chi connectivity index (χ2n) is 7.15. The summed E-state index contributed by atoms with van der Waals surface area (Å²) in [5.41, 5.74) is 9.25. The van der Waals surface area contributed by atoms with Crippen molar-refractivity contribution in [2.75, 3.05) is 24.2 Å². The van der Waals surface area contributed by atoms with Crippen molar-refractivity contribution in [1.29, 1.82) is 0 Å². The second kappa shape index (κ2) is 6.89. The topological polar surface area (TPSA) is 111 Å². The Hall–Kier alpha value is -3.12. The summed E-state index contributed by atoms with van der Waals surface area (Å²) in [6.07, 6.45) is 2.51. The maximum absolute atomic E-state index is 9.45. The molecule has 0 aliphatic rings. The maximum atomic E-state index is 9.45. The van der Waals surface area contributed by atoms with Gasteiger partial charge in [0.15, 0.2) is 5.65 Å². The first-order chi connectivity index (χ1) is 12.8. The van der Waals surface area contributed by atoms with Crippen molar-refractivity contribution in [3.05, 3.63) is 40.6 Å². The first-order valence-corrected chi connectivity index (χ1v) is 8.71. The molecule has 0 saturated carbocycles. The van der Waals surface area contributed by atoms with Gasteiger partial charge in [0.25, 0.3) is 5.69 Å². The molecule has 0 spiro atoms. The highest BCUT2D eigenvalue weighted by atomic mass is 16.3. The molecular formula is C18H24N8O. The molecule has 3 rings (SSSR count). The number of anilines is 2. The molecule has 0 radical (unpaired) electrons. The third kappa shape index (κ3) is 3.31. The van der Waals surface area contributed by atoms with Crippen LogP contribution >= 0.6 is 0 Å². The van der Waals surface area contributed by atoms with E-state index in [9.17, 15) is 5.11 Å². The van der Waals surface area contributed by atoms with Gasteiger partial charge in [-0.25, -0.2) is 14.3 Å². The van der Waals surface area contributed by atoms with E-state index in [1.807, 2.05) is 40.0 Å². The summed E-state index contributed by atoms with van der Waals surface area (Å²) in [5.74, 6) is 0.732. The molecule has 0 bridgehead atoms. The van der Waals surface area contributed by atoms with Crippen LogP contribution in [0.4, 0.5) is 17.3 Å². The molecule has 3 aromatic heterocycles. The van der Waals surface area contributed by atoms with Crippen LogP contribution in [0.1, 0.15) is 30.8 Å². The Labute approximate surface area is 157 Å². The summed E-state index contributed by atoms with van der Waals surface area (Å²) < 4.78 is 3.27. The smallest absolute Gasteiger partial charge is 0.268 e. The van der Waals surface area contributed by atoms with Crippen LogP contribution in [0.5, 0.6) is 0 Å². The molecule has 9 heteroatoms. The Balaban J connectivity index is 1.79. The number of nitrogens with zero attached hydrogens (tertiary/aromatic N) is 6. The minimum absolute atomic E-state index is 0.00800. The molecule has 0 fully saturated rings. The Morgan fingerprint density at radius 2 is 2.07 bits per heavy atom. The molecule has 0 atom stereocenters. The van der Waals surface area contributed by atoms with Crippen LogP contribution in [0.25, 0.3) is 10.5 Å². The van der Waals surface area contributed by atoms with Gasteiger partial charge in [0, 0.05) is 24.7 Å². The molecule has 27 heavy (non-hydrogen) atoms. The number of aromatic nitrogens is 5. The quantitative estimate of drug-likeness (QED) is 0.574. The van der Waals surface area contributed by atoms with Gasteiger partial charge in [-0.3, -0.25) is 4.68 Å². The minimum atomic E-state index is -0.443. The van der Waals surface area contributed by atoms with Gasteiger partial charge >= 0.3 is 0 Å². The van der Waals surface area contributed by atoms with E-state index in [4.69, 9.17) is 12.3 Å². The lowest BCUT2D eigenvalue weighted by molar-refractivity contribution is 0.152. The Morgan fingerprint density at radius 1 is 1.33 bits per heavy atom. The van der Waals surface area contributed by atoms with Gasteiger partial charge in [-0.15, -0.1) is 0 Å². The second-order valence-corrected chi connectivity index (χ2v) is 7.15. The van der Waals surface area contributed by atoms with E-state index in [0.29, 0.717) is 24.4 Å². The lowest BCUT2D eigenvalue weighted by atomic mass is 10.1. The lowest BCUT2D eigenvalue weighted by Gasteiger charge is -2.22. The van der Waals surface area contributed by atoms with E-state index in [0.717, 1.165) is 17.0 Å². The van der Waals surface area contributed by atoms with Crippen molar-refractivity contribution >= 4 is 23.0 Å². The summed E-state index contributed by atoms with van der Waals surface area (Å²) in [6, 6.07) is 1.92. The van der Waals surface area contributed by atoms with E-state index < -0.39 is 5.54 Å². The molecule has 0 aliphatic heterocycles. The third-order valence-electron chi connectivity index (χ3n) is 4.68. The van der Waals surface area contributed by atoms with Gasteiger partial charge in [0.1, 0.15) is 11.6 Å². The van der Waals surface area contributed by atoms with Gasteiger partial charge in [-0.2, -0.15) is 10.2 Å². The van der Waals surface area contributed by atoms with Crippen molar-refractivity contribution in [3.63, 3.8) is 0 Å². The summed E-state index contributed by atoms with van der Waals surface area (Å²) in [6.45, 7) is 15.7. The SMILES string of the molecule is [C-]#[N+]c1c(NCCc2ccn(C(C)(C)CO)n2)nc2c(C)c(C)nn2c1N. The summed E-state index contributed by atoms with van der Waals surface area (Å²) in [5, 5.41) is 21.5. The number of hydrogen-bond donors (Lipinski definition) is 3. The highest BCUT2D eigenvalue weighted by molar-refractivity contribution is 5.80. The number of nitrogen functional groups attached to an aromatic ring is 1. The fourth-order valence-electron chi connectivity index (χ4n) is 2.72. The van der Waals surface area contributed by atoms with Crippen LogP contribution in [0.3, 0.4) is 0 Å². The Kier molecular flexibility index (Phi) is 4.76. The molecule has 0 unspecified atom stereocenters. The van der Waals surface area contributed by atoms with E-state index in [1.165, 1.54) is 4.52 Å². The van der Waals surface area contributed by atoms with Gasteiger partial charge in [0.05, 0.1) is 30.1 Å². The number of hydrogen-bond acceptors (Lipinski definition) is 6. The molecule has 0 aliphatic carbocycles. The van der Waals surface area contributed by atoms with E-state index >= 15 is 0 Å². The van der Waals surface area contributed by atoms with Crippen LogP contribution in [-0.2, 0) is 12.0 Å². The van der Waals surface area contributed by atoms with Crippen LogP contribution in [0, 0.1) is 20.4 Å². The number of rotatable bonds is 6. The minimum Gasteiger partial charge on any atom is -0.394 e. The molecule has 9 nitrogen and oxygen atoms in total. The Morgan fingerprint density at radius 3 is 2.74 bits per heavy atom. The first-order valence-electron chi connectivity index (χ1n) is 8.71. The monoisotopic (exact) mass is 368 g/mol. The highest BCUT2D eigenvalue weighted by Crippen LogP contribution is 2.32. The summed E-state index contributed by atoms with van der Waals surface area (Å²) >= 11 is 0. The normalized spacial score (nSPS) is 11.7. The summed E-state index contributed by atoms with van der Waals surface area (Å²) in [4.78, 5) is 8.08. The maximum Gasteiger partial charge on any atom is 0.268 e.